The van der Waals surface area contributed by atoms with Crippen LogP contribution in [-0.2, 0) is 9.05 Å². The molecule has 0 fully saturated rings. The number of halogens is 1. The van der Waals surface area contributed by atoms with Gasteiger partial charge in [0.05, 0.1) is 11.5 Å². The fourth-order valence-electron chi connectivity index (χ4n) is 1.79. The molecule has 2 rings (SSSR count). The molecule has 0 radical (unpaired) electrons. The van der Waals surface area contributed by atoms with Crippen molar-refractivity contribution in [1.82, 2.24) is 4.98 Å². The number of hydrogen-bond acceptors (Lipinski definition) is 4. The summed E-state index contributed by atoms with van der Waals surface area (Å²) in [6.07, 6.45) is 2.17. The molecule has 0 saturated carbocycles. The SMILES string of the molecule is CC#CCCOc1ccc(S(=O)(=O)Cl)c2cccnc12. The van der Waals surface area contributed by atoms with Crippen molar-refractivity contribution in [3.63, 3.8) is 0 Å². The van der Waals surface area contributed by atoms with E-state index in [9.17, 15) is 8.42 Å². The molecule has 0 N–H and O–H groups in total. The fraction of sp³-hybridized carbons (Fsp3) is 0.214. The highest BCUT2D eigenvalue weighted by Crippen LogP contribution is 2.31. The van der Waals surface area contributed by atoms with E-state index in [4.69, 9.17) is 15.4 Å². The average molecular weight is 310 g/mol. The zero-order chi connectivity index (χ0) is 14.6. The van der Waals surface area contributed by atoms with E-state index >= 15 is 0 Å². The molecule has 104 valence electrons. The lowest BCUT2D eigenvalue weighted by Crippen LogP contribution is -2.00. The van der Waals surface area contributed by atoms with Gasteiger partial charge in [-0.2, -0.15) is 0 Å². The predicted octanol–water partition coefficient (Wildman–Crippen LogP) is 2.95. The Labute approximate surface area is 122 Å². The Morgan fingerprint density at radius 2 is 2.15 bits per heavy atom. The topological polar surface area (TPSA) is 56.3 Å². The molecule has 0 bridgehead atoms. The zero-order valence-electron chi connectivity index (χ0n) is 10.8. The van der Waals surface area contributed by atoms with E-state index in [2.05, 4.69) is 16.8 Å². The Morgan fingerprint density at radius 3 is 2.85 bits per heavy atom. The first-order chi connectivity index (χ1) is 9.54. The number of pyridine rings is 1. The Hall–Kier alpha value is -1.77. The van der Waals surface area contributed by atoms with Crippen molar-refractivity contribution in [2.45, 2.75) is 18.2 Å². The first-order valence-electron chi connectivity index (χ1n) is 5.89. The van der Waals surface area contributed by atoms with Gasteiger partial charge < -0.3 is 4.74 Å². The van der Waals surface area contributed by atoms with Crippen LogP contribution in [0.3, 0.4) is 0 Å². The van der Waals surface area contributed by atoms with Crippen LogP contribution in [0, 0.1) is 11.8 Å². The molecule has 0 amide bonds. The van der Waals surface area contributed by atoms with Crippen LogP contribution in [0.15, 0.2) is 35.4 Å². The number of nitrogens with zero attached hydrogens (tertiary/aromatic N) is 1. The molecule has 6 heteroatoms. The second-order valence-electron chi connectivity index (χ2n) is 3.92. The van der Waals surface area contributed by atoms with Crippen LogP contribution in [0.2, 0.25) is 0 Å². The minimum atomic E-state index is -3.82. The first-order valence-corrected chi connectivity index (χ1v) is 8.20. The molecule has 1 aromatic heterocycles. The number of hydrogen-bond donors (Lipinski definition) is 0. The Bertz CT molecular complexity index is 791. The summed E-state index contributed by atoms with van der Waals surface area (Å²) >= 11 is 0. The van der Waals surface area contributed by atoms with Crippen LogP contribution >= 0.6 is 10.7 Å². The summed E-state index contributed by atoms with van der Waals surface area (Å²) in [6, 6.07) is 6.29. The molecule has 0 aliphatic carbocycles. The fourth-order valence-corrected chi connectivity index (χ4v) is 2.85. The van der Waals surface area contributed by atoms with Crippen molar-refractivity contribution in [3.05, 3.63) is 30.5 Å². The van der Waals surface area contributed by atoms with Gasteiger partial charge >= 0.3 is 0 Å². The molecule has 0 saturated heterocycles. The van der Waals surface area contributed by atoms with E-state index in [1.807, 2.05) is 0 Å². The van der Waals surface area contributed by atoms with E-state index in [1.54, 1.807) is 31.3 Å². The van der Waals surface area contributed by atoms with E-state index in [-0.39, 0.29) is 4.90 Å². The van der Waals surface area contributed by atoms with Crippen molar-refractivity contribution in [1.29, 1.82) is 0 Å². The predicted molar refractivity (Wildman–Crippen MR) is 78.3 cm³/mol. The Kier molecular flexibility index (Phi) is 4.48. The van der Waals surface area contributed by atoms with Crippen LogP contribution in [0.1, 0.15) is 13.3 Å². The zero-order valence-corrected chi connectivity index (χ0v) is 12.3. The van der Waals surface area contributed by atoms with Gasteiger partial charge in [-0.25, -0.2) is 8.42 Å². The van der Waals surface area contributed by atoms with Gasteiger partial charge in [0.25, 0.3) is 9.05 Å². The highest BCUT2D eigenvalue weighted by molar-refractivity contribution is 8.14. The molecule has 1 aromatic carbocycles. The number of rotatable bonds is 4. The summed E-state index contributed by atoms with van der Waals surface area (Å²) in [5.74, 6) is 6.18. The lowest BCUT2D eigenvalue weighted by Gasteiger charge is -2.09. The van der Waals surface area contributed by atoms with Crippen molar-refractivity contribution in [2.24, 2.45) is 0 Å². The van der Waals surface area contributed by atoms with Gasteiger partial charge in [-0.3, -0.25) is 4.98 Å². The average Bonchev–Trinajstić information content (AvgIpc) is 2.42. The third-order valence-electron chi connectivity index (χ3n) is 2.62. The molecule has 0 aliphatic rings. The monoisotopic (exact) mass is 309 g/mol. The highest BCUT2D eigenvalue weighted by Gasteiger charge is 2.17. The Balaban J connectivity index is 2.45. The van der Waals surface area contributed by atoms with E-state index in [1.165, 1.54) is 6.07 Å². The van der Waals surface area contributed by atoms with Crippen molar-refractivity contribution in [3.8, 4) is 17.6 Å². The minimum absolute atomic E-state index is 0.0305. The molecule has 2 aromatic rings. The van der Waals surface area contributed by atoms with Gasteiger partial charge in [0, 0.05) is 28.7 Å². The maximum Gasteiger partial charge on any atom is 0.261 e. The van der Waals surface area contributed by atoms with E-state index < -0.39 is 9.05 Å². The van der Waals surface area contributed by atoms with Gasteiger partial charge in [0.1, 0.15) is 11.3 Å². The van der Waals surface area contributed by atoms with Crippen molar-refractivity contribution in [2.75, 3.05) is 6.61 Å². The molecule has 0 atom stereocenters. The van der Waals surface area contributed by atoms with Crippen molar-refractivity contribution >= 4 is 30.6 Å². The number of ether oxygens (including phenoxy) is 1. The summed E-state index contributed by atoms with van der Waals surface area (Å²) in [4.78, 5) is 4.20. The third kappa shape index (κ3) is 3.21. The summed E-state index contributed by atoms with van der Waals surface area (Å²) in [6.45, 7) is 2.18. The maximum absolute atomic E-state index is 11.5. The minimum Gasteiger partial charge on any atom is -0.490 e. The summed E-state index contributed by atoms with van der Waals surface area (Å²) in [7, 11) is 1.60. The van der Waals surface area contributed by atoms with Gasteiger partial charge in [0.15, 0.2) is 0 Å². The summed E-state index contributed by atoms with van der Waals surface area (Å²) in [5, 5.41) is 0.446. The van der Waals surface area contributed by atoms with E-state index in [0.717, 1.165) is 0 Å². The van der Waals surface area contributed by atoms with E-state index in [0.29, 0.717) is 29.7 Å². The molecule has 0 unspecified atom stereocenters. The van der Waals surface area contributed by atoms with Gasteiger partial charge in [-0.15, -0.1) is 11.8 Å². The molecule has 20 heavy (non-hydrogen) atoms. The lowest BCUT2D eigenvalue weighted by molar-refractivity contribution is 0.330. The van der Waals surface area contributed by atoms with Gasteiger partial charge in [0.2, 0.25) is 0 Å². The van der Waals surface area contributed by atoms with Crippen LogP contribution in [0.25, 0.3) is 10.9 Å². The second kappa shape index (κ2) is 6.12. The van der Waals surface area contributed by atoms with Crippen LogP contribution in [-0.4, -0.2) is 20.0 Å². The lowest BCUT2D eigenvalue weighted by atomic mass is 10.2. The van der Waals surface area contributed by atoms with Gasteiger partial charge in [-0.1, -0.05) is 0 Å². The van der Waals surface area contributed by atoms with Crippen LogP contribution in [0.4, 0.5) is 0 Å². The number of fused-ring (bicyclic) bond motifs is 1. The molecule has 0 spiro atoms. The quantitative estimate of drug-likeness (QED) is 0.495. The molecule has 1 heterocycles. The summed E-state index contributed by atoms with van der Waals surface area (Å²) < 4.78 is 28.7. The van der Waals surface area contributed by atoms with Crippen LogP contribution < -0.4 is 4.74 Å². The standard InChI is InChI=1S/C14H12ClNO3S/c1-2-3-4-10-19-12-7-8-13(20(15,17)18)11-6-5-9-16-14(11)12/h5-9H,4,10H2,1H3. The number of benzene rings is 1. The van der Waals surface area contributed by atoms with Crippen LogP contribution in [0.5, 0.6) is 5.75 Å². The molecule has 0 aliphatic heterocycles. The molecule has 4 nitrogen and oxygen atoms in total. The number of aromatic nitrogens is 1. The first kappa shape index (κ1) is 14.6. The second-order valence-corrected chi connectivity index (χ2v) is 6.46. The molecular formula is C14H12ClNO3S. The van der Waals surface area contributed by atoms with Gasteiger partial charge in [-0.05, 0) is 31.2 Å². The Morgan fingerprint density at radius 1 is 1.35 bits per heavy atom. The van der Waals surface area contributed by atoms with Crippen molar-refractivity contribution < 1.29 is 13.2 Å². The third-order valence-corrected chi connectivity index (χ3v) is 4.00. The highest BCUT2D eigenvalue weighted by atomic mass is 35.7. The maximum atomic E-state index is 11.5. The molecular weight excluding hydrogens is 298 g/mol. The normalized spacial score (nSPS) is 10.9. The smallest absolute Gasteiger partial charge is 0.261 e. The summed E-state index contributed by atoms with van der Waals surface area (Å²) in [5.41, 5.74) is 0.471. The largest absolute Gasteiger partial charge is 0.490 e.